The standard InChI is InChI=1S/C19H24N2OS/c1-6-20(8-9-21(7-1)14-17-5-11-23-15-17)13-16-2-3-19-18(12-16)4-10-22-19/h2-3,5,11-12,15H,1,4,6-10,13-14H2. The predicted molar refractivity (Wildman–Crippen MR) is 95.1 cm³/mol. The van der Waals surface area contributed by atoms with Crippen molar-refractivity contribution in [2.75, 3.05) is 32.8 Å². The molecular weight excluding hydrogens is 304 g/mol. The van der Waals surface area contributed by atoms with E-state index in [9.17, 15) is 0 Å². The van der Waals surface area contributed by atoms with E-state index in [1.165, 1.54) is 42.7 Å². The molecule has 0 aliphatic carbocycles. The van der Waals surface area contributed by atoms with E-state index in [1.807, 2.05) is 0 Å². The van der Waals surface area contributed by atoms with Crippen LogP contribution in [-0.2, 0) is 19.5 Å². The Balaban J connectivity index is 1.33. The Hall–Kier alpha value is -1.36. The lowest BCUT2D eigenvalue weighted by Crippen LogP contribution is -2.30. The second-order valence-electron chi connectivity index (χ2n) is 6.58. The van der Waals surface area contributed by atoms with Crippen LogP contribution in [0.1, 0.15) is 23.1 Å². The van der Waals surface area contributed by atoms with Crippen LogP contribution in [0.4, 0.5) is 0 Å². The van der Waals surface area contributed by atoms with Crippen LogP contribution in [0.5, 0.6) is 5.75 Å². The molecule has 2 aromatic rings. The van der Waals surface area contributed by atoms with Crippen molar-refractivity contribution >= 4 is 11.3 Å². The third-order valence-electron chi connectivity index (χ3n) is 4.83. The Kier molecular flexibility index (Phi) is 4.64. The van der Waals surface area contributed by atoms with E-state index < -0.39 is 0 Å². The fourth-order valence-electron chi connectivity index (χ4n) is 3.58. The van der Waals surface area contributed by atoms with Crippen molar-refractivity contribution in [1.29, 1.82) is 0 Å². The predicted octanol–water partition coefficient (Wildman–Crippen LogP) is 3.39. The van der Waals surface area contributed by atoms with Crippen LogP contribution in [0.3, 0.4) is 0 Å². The third kappa shape index (κ3) is 3.77. The topological polar surface area (TPSA) is 15.7 Å². The first-order chi connectivity index (χ1) is 11.4. The lowest BCUT2D eigenvalue weighted by Gasteiger charge is -2.21. The minimum Gasteiger partial charge on any atom is -0.493 e. The average molecular weight is 328 g/mol. The molecule has 4 rings (SSSR count). The Morgan fingerprint density at radius 3 is 2.57 bits per heavy atom. The zero-order valence-corrected chi connectivity index (χ0v) is 14.4. The maximum absolute atomic E-state index is 5.61. The van der Waals surface area contributed by atoms with Crippen molar-refractivity contribution in [1.82, 2.24) is 9.80 Å². The summed E-state index contributed by atoms with van der Waals surface area (Å²) >= 11 is 1.80. The first-order valence-corrected chi connectivity index (χ1v) is 9.51. The van der Waals surface area contributed by atoms with Crippen molar-refractivity contribution in [3.8, 4) is 5.75 Å². The molecule has 23 heavy (non-hydrogen) atoms. The molecule has 0 unspecified atom stereocenters. The number of benzene rings is 1. The first kappa shape index (κ1) is 15.2. The molecule has 1 aromatic carbocycles. The van der Waals surface area contributed by atoms with Gasteiger partial charge in [0.1, 0.15) is 5.75 Å². The summed E-state index contributed by atoms with van der Waals surface area (Å²) in [6, 6.07) is 8.98. The maximum Gasteiger partial charge on any atom is 0.122 e. The summed E-state index contributed by atoms with van der Waals surface area (Å²) in [4.78, 5) is 5.20. The Bertz CT molecular complexity index is 641. The highest BCUT2D eigenvalue weighted by Crippen LogP contribution is 2.26. The summed E-state index contributed by atoms with van der Waals surface area (Å²) in [5.41, 5.74) is 4.28. The smallest absolute Gasteiger partial charge is 0.122 e. The van der Waals surface area contributed by atoms with Crippen molar-refractivity contribution in [3.63, 3.8) is 0 Å². The van der Waals surface area contributed by atoms with Crippen LogP contribution < -0.4 is 4.74 Å². The molecule has 0 amide bonds. The molecule has 122 valence electrons. The lowest BCUT2D eigenvalue weighted by atomic mass is 10.1. The average Bonchev–Trinajstić information content (AvgIpc) is 3.18. The van der Waals surface area contributed by atoms with Crippen molar-refractivity contribution in [3.05, 3.63) is 51.7 Å². The van der Waals surface area contributed by atoms with E-state index in [0.717, 1.165) is 38.4 Å². The molecule has 1 aromatic heterocycles. The van der Waals surface area contributed by atoms with E-state index in [0.29, 0.717) is 0 Å². The van der Waals surface area contributed by atoms with Gasteiger partial charge >= 0.3 is 0 Å². The lowest BCUT2D eigenvalue weighted by molar-refractivity contribution is 0.247. The molecule has 0 radical (unpaired) electrons. The second-order valence-corrected chi connectivity index (χ2v) is 7.36. The Morgan fingerprint density at radius 2 is 1.78 bits per heavy atom. The third-order valence-corrected chi connectivity index (χ3v) is 5.56. The highest BCUT2D eigenvalue weighted by atomic mass is 32.1. The van der Waals surface area contributed by atoms with E-state index >= 15 is 0 Å². The fourth-order valence-corrected chi connectivity index (χ4v) is 4.24. The van der Waals surface area contributed by atoms with E-state index in [1.54, 1.807) is 11.3 Å². The molecular formula is C19H24N2OS. The normalized spacial score (nSPS) is 19.3. The van der Waals surface area contributed by atoms with Gasteiger partial charge in [0, 0.05) is 32.6 Å². The number of nitrogens with zero attached hydrogens (tertiary/aromatic N) is 2. The highest BCUT2D eigenvalue weighted by molar-refractivity contribution is 7.07. The van der Waals surface area contributed by atoms with Crippen molar-refractivity contribution in [2.45, 2.75) is 25.9 Å². The van der Waals surface area contributed by atoms with Crippen LogP contribution in [0.15, 0.2) is 35.0 Å². The summed E-state index contributed by atoms with van der Waals surface area (Å²) in [7, 11) is 0. The summed E-state index contributed by atoms with van der Waals surface area (Å²) in [5, 5.41) is 4.45. The van der Waals surface area contributed by atoms with Gasteiger partial charge in [0.25, 0.3) is 0 Å². The van der Waals surface area contributed by atoms with Gasteiger partial charge in [0.15, 0.2) is 0 Å². The molecule has 2 aliphatic heterocycles. The number of rotatable bonds is 4. The van der Waals surface area contributed by atoms with E-state index in [2.05, 4.69) is 44.8 Å². The number of hydrogen-bond acceptors (Lipinski definition) is 4. The molecule has 3 nitrogen and oxygen atoms in total. The maximum atomic E-state index is 5.61. The van der Waals surface area contributed by atoms with Crippen LogP contribution >= 0.6 is 11.3 Å². The second kappa shape index (κ2) is 7.04. The van der Waals surface area contributed by atoms with Crippen LogP contribution in [0.2, 0.25) is 0 Å². The first-order valence-electron chi connectivity index (χ1n) is 8.57. The van der Waals surface area contributed by atoms with Gasteiger partial charge in [0.05, 0.1) is 6.61 Å². The van der Waals surface area contributed by atoms with E-state index in [4.69, 9.17) is 4.74 Å². The summed E-state index contributed by atoms with van der Waals surface area (Å²) in [6.45, 7) is 7.77. The molecule has 4 heteroatoms. The molecule has 0 atom stereocenters. The molecule has 0 saturated carbocycles. The van der Waals surface area contributed by atoms with Crippen LogP contribution in [-0.4, -0.2) is 42.6 Å². The van der Waals surface area contributed by atoms with Crippen molar-refractivity contribution in [2.24, 2.45) is 0 Å². The summed E-state index contributed by atoms with van der Waals surface area (Å²) < 4.78 is 5.61. The molecule has 0 N–H and O–H groups in total. The van der Waals surface area contributed by atoms with Gasteiger partial charge in [-0.1, -0.05) is 12.1 Å². The monoisotopic (exact) mass is 328 g/mol. The zero-order chi connectivity index (χ0) is 15.5. The quantitative estimate of drug-likeness (QED) is 0.856. The van der Waals surface area contributed by atoms with Gasteiger partial charge in [-0.3, -0.25) is 9.80 Å². The Morgan fingerprint density at radius 1 is 0.957 bits per heavy atom. The molecule has 0 bridgehead atoms. The Labute approximate surface area is 142 Å². The van der Waals surface area contributed by atoms with E-state index in [-0.39, 0.29) is 0 Å². The molecule has 1 saturated heterocycles. The summed E-state index contributed by atoms with van der Waals surface area (Å²) in [5.74, 6) is 1.09. The minimum absolute atomic E-state index is 0.847. The molecule has 1 fully saturated rings. The largest absolute Gasteiger partial charge is 0.493 e. The summed E-state index contributed by atoms with van der Waals surface area (Å²) in [6.07, 6.45) is 2.33. The number of ether oxygens (including phenoxy) is 1. The zero-order valence-electron chi connectivity index (χ0n) is 13.5. The SMILES string of the molecule is c1cc(CN2CCCN(Cc3ccc4c(c3)CCO4)CC2)cs1. The van der Waals surface area contributed by atoms with Gasteiger partial charge in [0.2, 0.25) is 0 Å². The highest BCUT2D eigenvalue weighted by Gasteiger charge is 2.17. The number of hydrogen-bond donors (Lipinski definition) is 0. The number of thiophene rings is 1. The van der Waals surface area contributed by atoms with Gasteiger partial charge in [-0.15, -0.1) is 0 Å². The number of fused-ring (bicyclic) bond motifs is 1. The van der Waals surface area contributed by atoms with Gasteiger partial charge in [-0.25, -0.2) is 0 Å². The minimum atomic E-state index is 0.847. The van der Waals surface area contributed by atoms with Crippen LogP contribution in [0, 0.1) is 0 Å². The molecule has 0 spiro atoms. The van der Waals surface area contributed by atoms with Gasteiger partial charge in [-0.05, 0) is 59.1 Å². The van der Waals surface area contributed by atoms with Gasteiger partial charge in [-0.2, -0.15) is 11.3 Å². The van der Waals surface area contributed by atoms with Crippen LogP contribution in [0.25, 0.3) is 0 Å². The van der Waals surface area contributed by atoms with Gasteiger partial charge < -0.3 is 4.74 Å². The fraction of sp³-hybridized carbons (Fsp3) is 0.474. The molecule has 2 aliphatic rings. The molecule has 3 heterocycles. The van der Waals surface area contributed by atoms with Crippen molar-refractivity contribution < 1.29 is 4.74 Å².